The van der Waals surface area contributed by atoms with Gasteiger partial charge in [0.25, 0.3) is 5.91 Å². The van der Waals surface area contributed by atoms with E-state index in [-0.39, 0.29) is 5.71 Å². The molecule has 150 valence electrons. The maximum absolute atomic E-state index is 13.2. The molecule has 0 aliphatic carbocycles. The highest BCUT2D eigenvalue weighted by Gasteiger charge is 2.18. The van der Waals surface area contributed by atoms with Crippen molar-refractivity contribution in [2.45, 2.75) is 0 Å². The molecule has 29 heavy (non-hydrogen) atoms. The molecule has 1 amide bonds. The number of halogens is 1. The van der Waals surface area contributed by atoms with Gasteiger partial charge in [0.2, 0.25) is 0 Å². The van der Waals surface area contributed by atoms with Gasteiger partial charge in [-0.1, -0.05) is 5.16 Å². The molecule has 0 fully saturated rings. The molecule has 3 aromatic rings. The third-order valence-electron chi connectivity index (χ3n) is 4.01. The first-order chi connectivity index (χ1) is 14.1. The number of oxime groups is 1. The molecule has 0 saturated heterocycles. The molecule has 1 aromatic heterocycles. The molecule has 0 saturated carbocycles. The summed E-state index contributed by atoms with van der Waals surface area (Å²) >= 11 is 0. The Balaban J connectivity index is 1.90. The highest BCUT2D eigenvalue weighted by atomic mass is 19.1. The molecule has 2 aromatic carbocycles. The van der Waals surface area contributed by atoms with Gasteiger partial charge in [0, 0.05) is 17.7 Å². The van der Waals surface area contributed by atoms with Crippen molar-refractivity contribution >= 4 is 17.4 Å². The zero-order valence-corrected chi connectivity index (χ0v) is 16.0. The van der Waals surface area contributed by atoms with E-state index in [4.69, 9.17) is 14.3 Å². The van der Waals surface area contributed by atoms with E-state index in [0.29, 0.717) is 28.6 Å². The Kier molecular flexibility index (Phi) is 6.08. The number of ether oxygens (including phenoxy) is 2. The summed E-state index contributed by atoms with van der Waals surface area (Å²) in [4.78, 5) is 17.6. The molecule has 0 atom stereocenters. The van der Waals surface area contributed by atoms with Gasteiger partial charge >= 0.3 is 0 Å². The second kappa shape index (κ2) is 8.87. The number of hydrogen-bond acceptors (Lipinski definition) is 6. The first kappa shape index (κ1) is 19.9. The lowest BCUT2D eigenvalue weighted by Crippen LogP contribution is -2.25. The predicted molar refractivity (Wildman–Crippen MR) is 105 cm³/mol. The van der Waals surface area contributed by atoms with Crippen LogP contribution in [0.1, 0.15) is 5.56 Å². The van der Waals surface area contributed by atoms with E-state index >= 15 is 0 Å². The van der Waals surface area contributed by atoms with Crippen LogP contribution < -0.4 is 14.8 Å². The fraction of sp³-hybridized carbons (Fsp3) is 0.150. The van der Waals surface area contributed by atoms with Crippen molar-refractivity contribution in [2.75, 3.05) is 26.6 Å². The molecule has 0 aliphatic rings. The Morgan fingerprint density at radius 3 is 2.41 bits per heavy atom. The van der Waals surface area contributed by atoms with Gasteiger partial charge in [-0.05, 0) is 36.4 Å². The highest BCUT2D eigenvalue weighted by molar-refractivity contribution is 6.48. The van der Waals surface area contributed by atoms with E-state index in [2.05, 4.69) is 15.6 Å². The number of carbonyl (C=O) groups is 1. The SMILES string of the molecule is CON=C(C(=O)Nc1ccnn1-c1ccc(OC)c(OC)c1)c1ccc(F)cc1. The largest absolute Gasteiger partial charge is 0.493 e. The summed E-state index contributed by atoms with van der Waals surface area (Å²) < 4.78 is 25.3. The number of amides is 1. The number of nitrogens with zero attached hydrogens (tertiary/aromatic N) is 3. The summed E-state index contributed by atoms with van der Waals surface area (Å²) in [5.74, 6) is 0.525. The second-order valence-electron chi connectivity index (χ2n) is 5.75. The summed E-state index contributed by atoms with van der Waals surface area (Å²) in [6.07, 6.45) is 1.54. The van der Waals surface area contributed by atoms with E-state index in [1.807, 2.05) is 0 Å². The number of carbonyl (C=O) groups excluding carboxylic acids is 1. The van der Waals surface area contributed by atoms with Gasteiger partial charge < -0.3 is 19.6 Å². The summed E-state index contributed by atoms with van der Waals surface area (Å²) in [7, 11) is 4.40. The van der Waals surface area contributed by atoms with Crippen molar-refractivity contribution in [1.29, 1.82) is 0 Å². The third-order valence-corrected chi connectivity index (χ3v) is 4.01. The summed E-state index contributed by atoms with van der Waals surface area (Å²) in [6, 6.07) is 12.2. The van der Waals surface area contributed by atoms with Crippen LogP contribution in [0.25, 0.3) is 5.69 Å². The maximum atomic E-state index is 13.2. The molecule has 1 heterocycles. The molecule has 0 radical (unpaired) electrons. The van der Waals surface area contributed by atoms with Crippen LogP contribution in [0.15, 0.2) is 59.9 Å². The van der Waals surface area contributed by atoms with Crippen LogP contribution in [-0.4, -0.2) is 42.7 Å². The van der Waals surface area contributed by atoms with E-state index in [1.54, 1.807) is 31.4 Å². The lowest BCUT2D eigenvalue weighted by molar-refractivity contribution is -0.110. The molecule has 0 unspecified atom stereocenters. The second-order valence-corrected chi connectivity index (χ2v) is 5.75. The van der Waals surface area contributed by atoms with Gasteiger partial charge in [0.1, 0.15) is 18.7 Å². The van der Waals surface area contributed by atoms with E-state index in [1.165, 1.54) is 49.4 Å². The number of benzene rings is 2. The molecule has 3 rings (SSSR count). The van der Waals surface area contributed by atoms with Crippen LogP contribution in [0.3, 0.4) is 0 Å². The average molecular weight is 398 g/mol. The van der Waals surface area contributed by atoms with Crippen molar-refractivity contribution in [2.24, 2.45) is 5.16 Å². The molecule has 0 aliphatic heterocycles. The Labute approximate surface area is 166 Å². The zero-order valence-electron chi connectivity index (χ0n) is 16.0. The molecule has 0 spiro atoms. The number of nitrogens with one attached hydrogen (secondary N) is 1. The Hall–Kier alpha value is -3.88. The molecule has 1 N–H and O–H groups in total. The normalized spacial score (nSPS) is 11.1. The van der Waals surface area contributed by atoms with Gasteiger partial charge in [-0.15, -0.1) is 0 Å². The summed E-state index contributed by atoms with van der Waals surface area (Å²) in [5.41, 5.74) is 1.05. The van der Waals surface area contributed by atoms with Crippen molar-refractivity contribution in [3.63, 3.8) is 0 Å². The summed E-state index contributed by atoms with van der Waals surface area (Å²) in [5, 5.41) is 10.8. The minimum Gasteiger partial charge on any atom is -0.493 e. The third kappa shape index (κ3) is 4.34. The van der Waals surface area contributed by atoms with Crippen molar-refractivity contribution in [3.8, 4) is 17.2 Å². The Morgan fingerprint density at radius 2 is 1.76 bits per heavy atom. The average Bonchev–Trinajstić information content (AvgIpc) is 3.20. The number of anilines is 1. The Bertz CT molecular complexity index is 1030. The molecule has 0 bridgehead atoms. The van der Waals surface area contributed by atoms with Crippen LogP contribution in [-0.2, 0) is 9.63 Å². The fourth-order valence-corrected chi connectivity index (χ4v) is 2.66. The van der Waals surface area contributed by atoms with Gasteiger partial charge in [-0.3, -0.25) is 4.79 Å². The van der Waals surface area contributed by atoms with Gasteiger partial charge in [0.05, 0.1) is 26.1 Å². The first-order valence-corrected chi connectivity index (χ1v) is 8.52. The van der Waals surface area contributed by atoms with Crippen LogP contribution in [0.4, 0.5) is 10.2 Å². The highest BCUT2D eigenvalue weighted by Crippen LogP contribution is 2.30. The molecular weight excluding hydrogens is 379 g/mol. The van der Waals surface area contributed by atoms with E-state index in [9.17, 15) is 9.18 Å². The molecule has 9 heteroatoms. The molecule has 8 nitrogen and oxygen atoms in total. The van der Waals surface area contributed by atoms with Gasteiger partial charge in [-0.2, -0.15) is 5.10 Å². The van der Waals surface area contributed by atoms with Crippen LogP contribution in [0.2, 0.25) is 0 Å². The molecular formula is C20H19FN4O4. The van der Waals surface area contributed by atoms with Crippen molar-refractivity contribution in [3.05, 3.63) is 66.1 Å². The van der Waals surface area contributed by atoms with Gasteiger partial charge in [0.15, 0.2) is 17.2 Å². The monoisotopic (exact) mass is 398 g/mol. The van der Waals surface area contributed by atoms with E-state index in [0.717, 1.165) is 0 Å². The lowest BCUT2D eigenvalue weighted by atomic mass is 10.1. The van der Waals surface area contributed by atoms with Crippen LogP contribution in [0.5, 0.6) is 11.5 Å². The Morgan fingerprint density at radius 1 is 1.03 bits per heavy atom. The van der Waals surface area contributed by atoms with Crippen LogP contribution in [0, 0.1) is 5.82 Å². The lowest BCUT2D eigenvalue weighted by Gasteiger charge is -2.13. The zero-order chi connectivity index (χ0) is 20.8. The van der Waals surface area contributed by atoms with Crippen LogP contribution >= 0.6 is 0 Å². The standard InChI is InChI=1S/C20H19FN4O4/c1-27-16-9-8-15(12-17(16)28-2)25-18(10-11-22-25)23-20(26)19(24-29-3)13-4-6-14(21)7-5-13/h4-12H,1-3H3,(H,23,26). The number of aromatic nitrogens is 2. The number of methoxy groups -OCH3 is 2. The quantitative estimate of drug-likeness (QED) is 0.488. The van der Waals surface area contributed by atoms with E-state index < -0.39 is 11.7 Å². The first-order valence-electron chi connectivity index (χ1n) is 8.52. The number of hydrogen-bond donors (Lipinski definition) is 1. The maximum Gasteiger partial charge on any atom is 0.279 e. The topological polar surface area (TPSA) is 87.0 Å². The fourth-order valence-electron chi connectivity index (χ4n) is 2.66. The number of rotatable bonds is 7. The smallest absolute Gasteiger partial charge is 0.279 e. The minimum atomic E-state index is -0.541. The predicted octanol–water partition coefficient (Wildman–Crippen LogP) is 3.02. The van der Waals surface area contributed by atoms with Crippen molar-refractivity contribution in [1.82, 2.24) is 9.78 Å². The van der Waals surface area contributed by atoms with Gasteiger partial charge in [-0.25, -0.2) is 9.07 Å². The van der Waals surface area contributed by atoms with Crippen molar-refractivity contribution < 1.29 is 23.5 Å². The summed E-state index contributed by atoms with van der Waals surface area (Å²) in [6.45, 7) is 0. The minimum absolute atomic E-state index is 0.00689.